The standard InChI is InChI=1S/C12H16ClNO/c1-14(9-13)6-4-10-2-3-12-11(8-10)5-7-15-12/h2-3,8H,4-7,9H2,1H3. The van der Waals surface area contributed by atoms with Crippen molar-refractivity contribution in [2.45, 2.75) is 12.8 Å². The van der Waals surface area contributed by atoms with E-state index in [1.54, 1.807) is 0 Å². The number of hydrogen-bond acceptors (Lipinski definition) is 2. The van der Waals surface area contributed by atoms with Crippen molar-refractivity contribution in [2.75, 3.05) is 26.2 Å². The molecule has 0 N–H and O–H groups in total. The van der Waals surface area contributed by atoms with Crippen LogP contribution in [0.25, 0.3) is 0 Å². The second-order valence-electron chi connectivity index (χ2n) is 3.99. The van der Waals surface area contributed by atoms with Gasteiger partial charge < -0.3 is 4.74 Å². The number of likely N-dealkylation sites (N-methyl/N-ethyl adjacent to an activating group) is 1. The van der Waals surface area contributed by atoms with Crippen LogP contribution in [0.1, 0.15) is 11.1 Å². The summed E-state index contributed by atoms with van der Waals surface area (Å²) >= 11 is 5.72. The van der Waals surface area contributed by atoms with Gasteiger partial charge in [-0.15, -0.1) is 11.6 Å². The summed E-state index contributed by atoms with van der Waals surface area (Å²) in [4.78, 5) is 2.10. The third-order valence-corrected chi connectivity index (χ3v) is 3.15. The van der Waals surface area contributed by atoms with Gasteiger partial charge in [0.2, 0.25) is 0 Å². The van der Waals surface area contributed by atoms with Crippen LogP contribution in [0, 0.1) is 0 Å². The summed E-state index contributed by atoms with van der Waals surface area (Å²) in [6.07, 6.45) is 2.10. The van der Waals surface area contributed by atoms with Crippen LogP contribution in [0.15, 0.2) is 18.2 Å². The minimum Gasteiger partial charge on any atom is -0.493 e. The van der Waals surface area contributed by atoms with E-state index in [4.69, 9.17) is 16.3 Å². The van der Waals surface area contributed by atoms with Gasteiger partial charge in [0.1, 0.15) is 5.75 Å². The SMILES string of the molecule is CN(CCl)CCc1ccc2c(c1)CCO2. The largest absolute Gasteiger partial charge is 0.493 e. The van der Waals surface area contributed by atoms with Crippen LogP contribution in [0.5, 0.6) is 5.75 Å². The number of benzene rings is 1. The molecule has 0 amide bonds. The fraction of sp³-hybridized carbons (Fsp3) is 0.500. The summed E-state index contributed by atoms with van der Waals surface area (Å²) in [7, 11) is 2.03. The van der Waals surface area contributed by atoms with Gasteiger partial charge in [-0.1, -0.05) is 12.1 Å². The molecule has 1 aliphatic rings. The molecule has 0 radical (unpaired) electrons. The van der Waals surface area contributed by atoms with Gasteiger partial charge in [-0.2, -0.15) is 0 Å². The van der Waals surface area contributed by atoms with E-state index >= 15 is 0 Å². The molecule has 0 atom stereocenters. The fourth-order valence-electron chi connectivity index (χ4n) is 1.78. The maximum absolute atomic E-state index is 5.72. The topological polar surface area (TPSA) is 12.5 Å². The summed E-state index contributed by atoms with van der Waals surface area (Å²) < 4.78 is 5.47. The van der Waals surface area contributed by atoms with Gasteiger partial charge in [-0.3, -0.25) is 4.90 Å². The molecule has 0 saturated heterocycles. The highest BCUT2D eigenvalue weighted by molar-refractivity contribution is 6.17. The quantitative estimate of drug-likeness (QED) is 0.576. The number of rotatable bonds is 4. The van der Waals surface area contributed by atoms with Crippen LogP contribution in [0.4, 0.5) is 0 Å². The van der Waals surface area contributed by atoms with Gasteiger partial charge in [0, 0.05) is 13.0 Å². The van der Waals surface area contributed by atoms with Gasteiger partial charge in [-0.25, -0.2) is 0 Å². The lowest BCUT2D eigenvalue weighted by molar-refractivity contribution is 0.356. The molecule has 1 aliphatic heterocycles. The van der Waals surface area contributed by atoms with Gasteiger partial charge in [0.25, 0.3) is 0 Å². The average Bonchev–Trinajstić information content (AvgIpc) is 2.72. The lowest BCUT2D eigenvalue weighted by Gasteiger charge is -2.12. The summed E-state index contributed by atoms with van der Waals surface area (Å²) in [5.41, 5.74) is 2.72. The molecule has 0 aliphatic carbocycles. The van der Waals surface area contributed by atoms with Gasteiger partial charge in [-0.05, 0) is 30.7 Å². The van der Waals surface area contributed by atoms with E-state index in [2.05, 4.69) is 23.1 Å². The molecule has 82 valence electrons. The smallest absolute Gasteiger partial charge is 0.122 e. The third kappa shape index (κ3) is 2.64. The number of nitrogens with zero attached hydrogens (tertiary/aromatic N) is 1. The molecule has 1 aromatic rings. The molecule has 15 heavy (non-hydrogen) atoms. The highest BCUT2D eigenvalue weighted by Crippen LogP contribution is 2.25. The Morgan fingerprint density at radius 3 is 3.13 bits per heavy atom. The Morgan fingerprint density at radius 1 is 1.47 bits per heavy atom. The minimum absolute atomic E-state index is 0.591. The normalized spacial score (nSPS) is 14.1. The van der Waals surface area contributed by atoms with Gasteiger partial charge >= 0.3 is 0 Å². The first-order chi connectivity index (χ1) is 7.29. The minimum atomic E-state index is 0.591. The van der Waals surface area contributed by atoms with Crippen molar-refractivity contribution in [3.8, 4) is 5.75 Å². The Morgan fingerprint density at radius 2 is 2.33 bits per heavy atom. The van der Waals surface area contributed by atoms with Crippen molar-refractivity contribution in [1.29, 1.82) is 0 Å². The molecule has 0 fully saturated rings. The summed E-state index contributed by atoms with van der Waals surface area (Å²) in [6, 6.07) is 7.07. The van der Waals surface area contributed by atoms with Crippen molar-refractivity contribution in [2.24, 2.45) is 0 Å². The number of halogens is 1. The number of ether oxygens (including phenoxy) is 1. The maximum Gasteiger partial charge on any atom is 0.122 e. The monoisotopic (exact) mass is 225 g/mol. The predicted octanol–water partition coefficient (Wildman–Crippen LogP) is 2.29. The lowest BCUT2D eigenvalue weighted by Crippen LogP contribution is -2.19. The molecule has 0 unspecified atom stereocenters. The summed E-state index contributed by atoms with van der Waals surface area (Å²) in [5.74, 6) is 1.06. The molecular formula is C12H16ClNO. The van der Waals surface area contributed by atoms with Crippen LogP contribution in [-0.4, -0.2) is 31.1 Å². The first kappa shape index (κ1) is 10.8. The summed E-state index contributed by atoms with van der Waals surface area (Å²) in [6.45, 7) is 1.84. The van der Waals surface area contributed by atoms with Crippen LogP contribution >= 0.6 is 11.6 Å². The molecular weight excluding hydrogens is 210 g/mol. The first-order valence-electron chi connectivity index (χ1n) is 5.28. The highest BCUT2D eigenvalue weighted by Gasteiger charge is 2.11. The average molecular weight is 226 g/mol. The molecule has 0 bridgehead atoms. The van der Waals surface area contributed by atoms with E-state index in [9.17, 15) is 0 Å². The van der Waals surface area contributed by atoms with Crippen molar-refractivity contribution in [3.63, 3.8) is 0 Å². The van der Waals surface area contributed by atoms with Crippen LogP contribution in [0.2, 0.25) is 0 Å². The molecule has 0 spiro atoms. The van der Waals surface area contributed by atoms with Gasteiger partial charge in [0.05, 0.1) is 12.6 Å². The Hall–Kier alpha value is -0.730. The third-order valence-electron chi connectivity index (χ3n) is 2.74. The van der Waals surface area contributed by atoms with Crippen molar-refractivity contribution >= 4 is 11.6 Å². The fourth-order valence-corrected chi connectivity index (χ4v) is 1.89. The molecule has 0 aromatic heterocycles. The first-order valence-corrected chi connectivity index (χ1v) is 5.82. The van der Waals surface area contributed by atoms with Gasteiger partial charge in [0.15, 0.2) is 0 Å². The van der Waals surface area contributed by atoms with E-state index in [1.807, 2.05) is 7.05 Å². The van der Waals surface area contributed by atoms with Crippen LogP contribution < -0.4 is 4.74 Å². The predicted molar refractivity (Wildman–Crippen MR) is 62.7 cm³/mol. The van der Waals surface area contributed by atoms with E-state index in [0.717, 1.165) is 31.7 Å². The van der Waals surface area contributed by atoms with E-state index in [1.165, 1.54) is 11.1 Å². The van der Waals surface area contributed by atoms with Crippen LogP contribution in [-0.2, 0) is 12.8 Å². The van der Waals surface area contributed by atoms with Crippen molar-refractivity contribution in [3.05, 3.63) is 29.3 Å². The van der Waals surface area contributed by atoms with E-state index in [-0.39, 0.29) is 0 Å². The van der Waals surface area contributed by atoms with Crippen molar-refractivity contribution in [1.82, 2.24) is 4.90 Å². The number of fused-ring (bicyclic) bond motifs is 1. The number of hydrogen-bond donors (Lipinski definition) is 0. The van der Waals surface area contributed by atoms with Crippen molar-refractivity contribution < 1.29 is 4.74 Å². The number of alkyl halides is 1. The Balaban J connectivity index is 1.98. The maximum atomic E-state index is 5.72. The lowest BCUT2D eigenvalue weighted by atomic mass is 10.1. The van der Waals surface area contributed by atoms with Crippen LogP contribution in [0.3, 0.4) is 0 Å². The molecule has 2 rings (SSSR count). The zero-order valence-corrected chi connectivity index (χ0v) is 9.76. The van der Waals surface area contributed by atoms with E-state index in [0.29, 0.717) is 6.00 Å². The zero-order chi connectivity index (χ0) is 10.7. The zero-order valence-electron chi connectivity index (χ0n) is 9.00. The van der Waals surface area contributed by atoms with E-state index < -0.39 is 0 Å². The highest BCUT2D eigenvalue weighted by atomic mass is 35.5. The second-order valence-corrected chi connectivity index (χ2v) is 4.23. The molecule has 1 heterocycles. The Kier molecular flexibility index (Phi) is 3.49. The molecule has 2 nitrogen and oxygen atoms in total. The molecule has 3 heteroatoms. The molecule has 1 aromatic carbocycles. The Bertz CT molecular complexity index is 340. The molecule has 0 saturated carbocycles. The Labute approximate surface area is 95.8 Å². The second kappa shape index (κ2) is 4.86. The summed E-state index contributed by atoms with van der Waals surface area (Å²) in [5, 5.41) is 0.